The zero-order chi connectivity index (χ0) is 27.4. The van der Waals surface area contributed by atoms with Crippen LogP contribution in [0.25, 0.3) is 11.1 Å². The van der Waals surface area contributed by atoms with E-state index in [-0.39, 0.29) is 11.7 Å². The first-order chi connectivity index (χ1) is 18.9. The standard InChI is InChI=1S/C31H30ClN3O4/c32-26-17-24(11-14-28(26)39-25-12-13-25)29(36)27(19-35-15-1-2-16-35)34-31(38)30(37)23-9-7-22(8-10-23)21-5-3-20(18-33)4-6-21/h3-11,14,17,25,27,29,36H,1-2,12-13,15-16,19H2,(H,34,38). The molecular weight excluding hydrogens is 514 g/mol. The fourth-order valence-corrected chi connectivity index (χ4v) is 5.01. The van der Waals surface area contributed by atoms with Crippen molar-refractivity contribution in [2.24, 2.45) is 0 Å². The molecule has 0 spiro atoms. The molecule has 39 heavy (non-hydrogen) atoms. The molecular formula is C31H30ClN3O4. The number of ketones is 1. The SMILES string of the molecule is N#Cc1ccc(-c2ccc(C(=O)C(=O)NC(CN3CCCC3)C(O)c3ccc(OC4CC4)c(Cl)c3)cc2)cc1. The maximum atomic E-state index is 13.1. The largest absolute Gasteiger partial charge is 0.489 e. The number of benzene rings is 3. The molecule has 2 fully saturated rings. The molecule has 2 unspecified atom stereocenters. The third-order valence-corrected chi connectivity index (χ3v) is 7.46. The zero-order valence-electron chi connectivity index (χ0n) is 21.5. The summed E-state index contributed by atoms with van der Waals surface area (Å²) in [6.45, 7) is 2.16. The van der Waals surface area contributed by atoms with Gasteiger partial charge < -0.3 is 20.1 Å². The molecule has 3 aromatic carbocycles. The summed E-state index contributed by atoms with van der Waals surface area (Å²) in [6.07, 6.45) is 3.27. The molecule has 2 atom stereocenters. The number of nitrogens with zero attached hydrogens (tertiary/aromatic N) is 2. The van der Waals surface area contributed by atoms with E-state index in [9.17, 15) is 14.7 Å². The number of aliphatic hydroxyl groups is 1. The number of nitriles is 1. The summed E-state index contributed by atoms with van der Waals surface area (Å²) in [5.41, 5.74) is 3.14. The van der Waals surface area contributed by atoms with E-state index in [1.807, 2.05) is 12.1 Å². The molecule has 8 heteroatoms. The van der Waals surface area contributed by atoms with Gasteiger partial charge in [0.2, 0.25) is 5.78 Å². The number of ether oxygens (including phenoxy) is 1. The van der Waals surface area contributed by atoms with Gasteiger partial charge in [0.15, 0.2) is 0 Å². The number of hydrogen-bond donors (Lipinski definition) is 2. The molecule has 2 aliphatic rings. The van der Waals surface area contributed by atoms with Crippen LogP contribution in [-0.4, -0.2) is 53.5 Å². The Labute approximate surface area is 233 Å². The number of Topliss-reactive ketones (excluding diaryl/α,β-unsaturated/α-hetero) is 1. The second-order valence-electron chi connectivity index (χ2n) is 10.1. The van der Waals surface area contributed by atoms with Crippen molar-refractivity contribution in [2.45, 2.75) is 43.9 Å². The Morgan fingerprint density at radius 3 is 2.26 bits per heavy atom. The van der Waals surface area contributed by atoms with Gasteiger partial charge >= 0.3 is 0 Å². The van der Waals surface area contributed by atoms with E-state index in [1.165, 1.54) is 0 Å². The predicted octanol–water partition coefficient (Wildman–Crippen LogP) is 4.92. The summed E-state index contributed by atoms with van der Waals surface area (Å²) in [5.74, 6) is -0.870. The van der Waals surface area contributed by atoms with Gasteiger partial charge in [-0.25, -0.2) is 0 Å². The summed E-state index contributed by atoms with van der Waals surface area (Å²) in [7, 11) is 0. The number of rotatable bonds is 10. The Kier molecular flexibility index (Phi) is 8.27. The van der Waals surface area contributed by atoms with E-state index in [4.69, 9.17) is 21.6 Å². The van der Waals surface area contributed by atoms with Gasteiger partial charge in [-0.3, -0.25) is 9.59 Å². The Morgan fingerprint density at radius 2 is 1.67 bits per heavy atom. The second kappa shape index (κ2) is 12.0. The Hall–Kier alpha value is -3.70. The van der Waals surface area contributed by atoms with Crippen LogP contribution >= 0.6 is 11.6 Å². The van der Waals surface area contributed by atoms with Gasteiger partial charge in [0.1, 0.15) is 11.9 Å². The second-order valence-corrected chi connectivity index (χ2v) is 10.5. The lowest BCUT2D eigenvalue weighted by Gasteiger charge is -2.28. The van der Waals surface area contributed by atoms with Gasteiger partial charge in [-0.1, -0.05) is 54.1 Å². The summed E-state index contributed by atoms with van der Waals surface area (Å²) in [5, 5.41) is 23.5. The van der Waals surface area contributed by atoms with Gasteiger partial charge in [0.05, 0.1) is 28.8 Å². The van der Waals surface area contributed by atoms with Crippen molar-refractivity contribution < 1.29 is 19.4 Å². The van der Waals surface area contributed by atoms with Gasteiger partial charge in [0, 0.05) is 12.1 Å². The van der Waals surface area contributed by atoms with Crippen molar-refractivity contribution >= 4 is 23.3 Å². The van der Waals surface area contributed by atoms with Crippen LogP contribution in [0.2, 0.25) is 5.02 Å². The number of nitrogens with one attached hydrogen (secondary N) is 1. The lowest BCUT2D eigenvalue weighted by Crippen LogP contribution is -2.48. The summed E-state index contributed by atoms with van der Waals surface area (Å²) in [6, 6.07) is 20.4. The smallest absolute Gasteiger partial charge is 0.292 e. The van der Waals surface area contributed by atoms with Crippen LogP contribution in [0.15, 0.2) is 66.7 Å². The first-order valence-electron chi connectivity index (χ1n) is 13.2. The molecule has 7 nitrogen and oxygen atoms in total. The van der Waals surface area contributed by atoms with Crippen LogP contribution in [-0.2, 0) is 4.79 Å². The van der Waals surface area contributed by atoms with Gasteiger partial charge in [-0.15, -0.1) is 0 Å². The van der Waals surface area contributed by atoms with Crippen molar-refractivity contribution in [3.8, 4) is 22.9 Å². The molecule has 1 heterocycles. The maximum absolute atomic E-state index is 13.1. The lowest BCUT2D eigenvalue weighted by atomic mass is 9.99. The first kappa shape index (κ1) is 26.9. The number of carbonyl (C=O) groups is 2. The molecule has 3 aromatic rings. The number of aliphatic hydroxyl groups excluding tert-OH is 1. The molecule has 2 N–H and O–H groups in total. The van der Waals surface area contributed by atoms with Crippen molar-refractivity contribution in [1.82, 2.24) is 10.2 Å². The maximum Gasteiger partial charge on any atom is 0.292 e. The fraction of sp³-hybridized carbons (Fsp3) is 0.323. The highest BCUT2D eigenvalue weighted by molar-refractivity contribution is 6.42. The van der Waals surface area contributed by atoms with Gasteiger partial charge in [-0.2, -0.15) is 5.26 Å². The fourth-order valence-electron chi connectivity index (χ4n) is 4.78. The quantitative estimate of drug-likeness (QED) is 0.278. The third-order valence-electron chi connectivity index (χ3n) is 7.17. The number of likely N-dealkylation sites (tertiary alicyclic amines) is 1. The monoisotopic (exact) mass is 543 g/mol. The van der Waals surface area contributed by atoms with Crippen molar-refractivity contribution in [3.63, 3.8) is 0 Å². The van der Waals surface area contributed by atoms with E-state index < -0.39 is 23.8 Å². The van der Waals surface area contributed by atoms with Crippen molar-refractivity contribution in [3.05, 3.63) is 88.4 Å². The normalized spacial score (nSPS) is 16.7. The van der Waals surface area contributed by atoms with E-state index in [2.05, 4.69) is 16.3 Å². The molecule has 200 valence electrons. The molecule has 1 saturated carbocycles. The number of halogens is 1. The van der Waals surface area contributed by atoms with E-state index in [0.717, 1.165) is 49.9 Å². The van der Waals surface area contributed by atoms with Crippen LogP contribution in [0.4, 0.5) is 0 Å². The van der Waals surface area contributed by atoms with Crippen molar-refractivity contribution in [1.29, 1.82) is 5.26 Å². The first-order valence-corrected chi connectivity index (χ1v) is 13.6. The molecule has 0 radical (unpaired) electrons. The summed E-state index contributed by atoms with van der Waals surface area (Å²) < 4.78 is 5.80. The van der Waals surface area contributed by atoms with Gasteiger partial charge in [-0.05, 0) is 79.7 Å². The molecule has 0 bridgehead atoms. The van der Waals surface area contributed by atoms with E-state index in [1.54, 1.807) is 54.6 Å². The van der Waals surface area contributed by atoms with Crippen LogP contribution in [0, 0.1) is 11.3 Å². The van der Waals surface area contributed by atoms with E-state index in [0.29, 0.717) is 28.4 Å². The summed E-state index contributed by atoms with van der Waals surface area (Å²) in [4.78, 5) is 28.3. The third kappa shape index (κ3) is 6.66. The molecule has 0 aromatic heterocycles. The zero-order valence-corrected chi connectivity index (χ0v) is 22.2. The molecule has 1 aliphatic carbocycles. The minimum absolute atomic E-state index is 0.199. The van der Waals surface area contributed by atoms with Crippen LogP contribution < -0.4 is 10.1 Å². The number of hydrogen-bond acceptors (Lipinski definition) is 6. The van der Waals surface area contributed by atoms with Gasteiger partial charge in [0.25, 0.3) is 5.91 Å². The molecule has 1 saturated heterocycles. The average molecular weight is 544 g/mol. The molecule has 1 aliphatic heterocycles. The lowest BCUT2D eigenvalue weighted by molar-refractivity contribution is -0.118. The predicted molar refractivity (Wildman–Crippen MR) is 149 cm³/mol. The molecule has 1 amide bonds. The van der Waals surface area contributed by atoms with Crippen molar-refractivity contribution in [2.75, 3.05) is 19.6 Å². The minimum atomic E-state index is -1.06. The Balaban J connectivity index is 1.29. The number of amides is 1. The highest BCUT2D eigenvalue weighted by atomic mass is 35.5. The topological polar surface area (TPSA) is 103 Å². The number of carbonyl (C=O) groups excluding carboxylic acids is 2. The minimum Gasteiger partial charge on any atom is -0.489 e. The van der Waals surface area contributed by atoms with Crippen LogP contribution in [0.3, 0.4) is 0 Å². The molecule has 5 rings (SSSR count). The van der Waals surface area contributed by atoms with E-state index >= 15 is 0 Å². The van der Waals surface area contributed by atoms with Crippen LogP contribution in [0.5, 0.6) is 5.75 Å². The Bertz CT molecular complexity index is 1370. The van der Waals surface area contributed by atoms with Crippen LogP contribution in [0.1, 0.15) is 53.3 Å². The Morgan fingerprint density at radius 1 is 1.03 bits per heavy atom. The highest BCUT2D eigenvalue weighted by Crippen LogP contribution is 2.34. The summed E-state index contributed by atoms with van der Waals surface area (Å²) >= 11 is 6.43. The average Bonchev–Trinajstić information content (AvgIpc) is 3.64. The highest BCUT2D eigenvalue weighted by Gasteiger charge is 2.30.